The number of aryl methyl sites for hydroxylation is 1. The molecule has 1 N–H and O–H groups in total. The summed E-state index contributed by atoms with van der Waals surface area (Å²) in [5.74, 6) is 0.962. The molecule has 0 atom stereocenters. The maximum Gasteiger partial charge on any atom is 0.203 e. The van der Waals surface area contributed by atoms with Gasteiger partial charge in [-0.3, -0.25) is 0 Å². The number of nitrogens with one attached hydrogen (secondary N) is 1. The zero-order valence-corrected chi connectivity index (χ0v) is 11.5. The van der Waals surface area contributed by atoms with E-state index in [1.165, 1.54) is 16.6 Å². The van der Waals surface area contributed by atoms with Gasteiger partial charge in [0, 0.05) is 13.1 Å². The number of para-hydroxylation sites is 2. The van der Waals surface area contributed by atoms with Gasteiger partial charge in [-0.2, -0.15) is 0 Å². The van der Waals surface area contributed by atoms with Gasteiger partial charge in [0.15, 0.2) is 0 Å². The van der Waals surface area contributed by atoms with Gasteiger partial charge < -0.3 is 9.88 Å². The predicted octanol–water partition coefficient (Wildman–Crippen LogP) is 3.15. The summed E-state index contributed by atoms with van der Waals surface area (Å²) in [6, 6.07) is 17.4. The lowest BCUT2D eigenvalue weighted by atomic mass is 10.1. The molecule has 4 rings (SSSR count). The van der Waals surface area contributed by atoms with Crippen LogP contribution in [0.15, 0.2) is 48.5 Å². The molecule has 0 saturated carbocycles. The summed E-state index contributed by atoms with van der Waals surface area (Å²) in [5, 5.41) is 3.60. The van der Waals surface area contributed by atoms with Crippen molar-refractivity contribution in [3.63, 3.8) is 0 Å². The van der Waals surface area contributed by atoms with E-state index >= 15 is 0 Å². The molecular weight excluding hydrogens is 246 g/mol. The lowest BCUT2D eigenvalue weighted by molar-refractivity contribution is 0.751. The molecule has 3 nitrogen and oxygen atoms in total. The van der Waals surface area contributed by atoms with Crippen LogP contribution < -0.4 is 5.32 Å². The Kier molecular flexibility index (Phi) is 2.52. The molecule has 1 aliphatic rings. The fraction of sp³-hybridized carbons (Fsp3) is 0.235. The number of imidazole rings is 1. The van der Waals surface area contributed by atoms with Crippen molar-refractivity contribution in [2.24, 2.45) is 7.05 Å². The highest BCUT2D eigenvalue weighted by Gasteiger charge is 2.22. The van der Waals surface area contributed by atoms with Crippen LogP contribution >= 0.6 is 0 Å². The Morgan fingerprint density at radius 3 is 2.35 bits per heavy atom. The van der Waals surface area contributed by atoms with E-state index in [2.05, 4.69) is 59.4 Å². The van der Waals surface area contributed by atoms with Gasteiger partial charge in [-0.1, -0.05) is 36.4 Å². The van der Waals surface area contributed by atoms with Crippen LogP contribution in [0.1, 0.15) is 11.1 Å². The molecule has 1 heterocycles. The smallest absolute Gasteiger partial charge is 0.203 e. The van der Waals surface area contributed by atoms with Crippen LogP contribution in [0.5, 0.6) is 0 Å². The van der Waals surface area contributed by atoms with Crippen LogP contribution in [-0.4, -0.2) is 15.6 Å². The van der Waals surface area contributed by atoms with E-state index in [9.17, 15) is 0 Å². The van der Waals surface area contributed by atoms with Crippen LogP contribution in [0.2, 0.25) is 0 Å². The van der Waals surface area contributed by atoms with Gasteiger partial charge in [-0.15, -0.1) is 0 Å². The van der Waals surface area contributed by atoms with Gasteiger partial charge in [0.2, 0.25) is 5.95 Å². The SMILES string of the molecule is Cn1c(NC2Cc3ccccc3C2)nc2ccccc21. The molecule has 0 radical (unpaired) electrons. The molecule has 0 unspecified atom stereocenters. The van der Waals surface area contributed by atoms with Crippen molar-refractivity contribution in [3.8, 4) is 0 Å². The Labute approximate surface area is 118 Å². The Balaban J connectivity index is 1.62. The number of anilines is 1. The van der Waals surface area contributed by atoms with Crippen molar-refractivity contribution >= 4 is 17.0 Å². The standard InChI is InChI=1S/C17H17N3/c1-20-16-9-5-4-8-15(16)19-17(20)18-14-10-12-6-2-3-7-13(12)11-14/h2-9,14H,10-11H2,1H3,(H,18,19). The second-order valence-corrected chi connectivity index (χ2v) is 5.50. The van der Waals surface area contributed by atoms with Crippen molar-refractivity contribution in [1.29, 1.82) is 0 Å². The van der Waals surface area contributed by atoms with Crippen LogP contribution in [0, 0.1) is 0 Å². The Morgan fingerprint density at radius 2 is 1.65 bits per heavy atom. The van der Waals surface area contributed by atoms with Crippen molar-refractivity contribution in [2.75, 3.05) is 5.32 Å². The summed E-state index contributed by atoms with van der Waals surface area (Å²) in [5.41, 5.74) is 5.14. The summed E-state index contributed by atoms with van der Waals surface area (Å²) >= 11 is 0. The molecule has 0 fully saturated rings. The van der Waals surface area contributed by atoms with Gasteiger partial charge in [0.25, 0.3) is 0 Å². The number of nitrogens with zero attached hydrogens (tertiary/aromatic N) is 2. The van der Waals surface area contributed by atoms with Crippen LogP contribution in [-0.2, 0) is 19.9 Å². The highest BCUT2D eigenvalue weighted by Crippen LogP contribution is 2.25. The van der Waals surface area contributed by atoms with Crippen LogP contribution in [0.25, 0.3) is 11.0 Å². The van der Waals surface area contributed by atoms with Crippen LogP contribution in [0.3, 0.4) is 0 Å². The Bertz CT molecular complexity index is 748. The number of hydrogen-bond acceptors (Lipinski definition) is 2. The molecule has 3 heteroatoms. The first kappa shape index (κ1) is 11.5. The van der Waals surface area contributed by atoms with Gasteiger partial charge in [0.1, 0.15) is 0 Å². The molecule has 2 aromatic carbocycles. The van der Waals surface area contributed by atoms with E-state index in [1.54, 1.807) is 0 Å². The third-order valence-electron chi connectivity index (χ3n) is 4.17. The highest BCUT2D eigenvalue weighted by atomic mass is 15.2. The average molecular weight is 263 g/mol. The summed E-state index contributed by atoms with van der Waals surface area (Å²) < 4.78 is 2.14. The fourth-order valence-electron chi connectivity index (χ4n) is 3.12. The average Bonchev–Trinajstić information content (AvgIpc) is 3.01. The maximum absolute atomic E-state index is 4.69. The molecule has 1 aromatic heterocycles. The third kappa shape index (κ3) is 1.78. The first-order chi connectivity index (χ1) is 9.81. The summed E-state index contributed by atoms with van der Waals surface area (Å²) in [4.78, 5) is 4.69. The first-order valence-electron chi connectivity index (χ1n) is 7.06. The number of benzene rings is 2. The molecule has 0 amide bonds. The molecule has 0 bridgehead atoms. The third-order valence-corrected chi connectivity index (χ3v) is 4.17. The highest BCUT2D eigenvalue weighted by molar-refractivity contribution is 5.78. The molecule has 3 aromatic rings. The topological polar surface area (TPSA) is 29.9 Å². The van der Waals surface area contributed by atoms with E-state index in [0.717, 1.165) is 24.3 Å². The summed E-state index contributed by atoms with van der Waals surface area (Å²) in [6.45, 7) is 0. The van der Waals surface area contributed by atoms with E-state index in [1.807, 2.05) is 6.07 Å². The van der Waals surface area contributed by atoms with E-state index in [0.29, 0.717) is 6.04 Å². The van der Waals surface area contributed by atoms with Crippen molar-refractivity contribution in [1.82, 2.24) is 9.55 Å². The van der Waals surface area contributed by atoms with Gasteiger partial charge in [-0.25, -0.2) is 4.98 Å². The minimum absolute atomic E-state index is 0.447. The minimum Gasteiger partial charge on any atom is -0.352 e. The fourth-order valence-corrected chi connectivity index (χ4v) is 3.12. The van der Waals surface area contributed by atoms with Crippen molar-refractivity contribution in [3.05, 3.63) is 59.7 Å². The molecule has 0 spiro atoms. The number of fused-ring (bicyclic) bond motifs is 2. The lowest BCUT2D eigenvalue weighted by Gasteiger charge is -2.12. The number of rotatable bonds is 2. The molecule has 20 heavy (non-hydrogen) atoms. The van der Waals surface area contributed by atoms with Crippen LogP contribution in [0.4, 0.5) is 5.95 Å². The van der Waals surface area contributed by atoms with E-state index in [-0.39, 0.29) is 0 Å². The van der Waals surface area contributed by atoms with Gasteiger partial charge >= 0.3 is 0 Å². The minimum atomic E-state index is 0.447. The summed E-state index contributed by atoms with van der Waals surface area (Å²) in [6.07, 6.45) is 2.17. The number of aromatic nitrogens is 2. The Hall–Kier alpha value is -2.29. The molecule has 0 aliphatic heterocycles. The zero-order valence-electron chi connectivity index (χ0n) is 11.5. The first-order valence-corrected chi connectivity index (χ1v) is 7.06. The molecule has 0 saturated heterocycles. The van der Waals surface area contributed by atoms with E-state index in [4.69, 9.17) is 4.98 Å². The van der Waals surface area contributed by atoms with E-state index < -0.39 is 0 Å². The zero-order chi connectivity index (χ0) is 13.5. The Morgan fingerprint density at radius 1 is 1.00 bits per heavy atom. The van der Waals surface area contributed by atoms with Gasteiger partial charge in [-0.05, 0) is 36.1 Å². The molecule has 1 aliphatic carbocycles. The number of hydrogen-bond donors (Lipinski definition) is 1. The molecule has 100 valence electrons. The van der Waals surface area contributed by atoms with Crippen molar-refractivity contribution in [2.45, 2.75) is 18.9 Å². The van der Waals surface area contributed by atoms with Gasteiger partial charge in [0.05, 0.1) is 11.0 Å². The summed E-state index contributed by atoms with van der Waals surface area (Å²) in [7, 11) is 2.07. The normalized spacial score (nSPS) is 14.7. The molecular formula is C17H17N3. The monoisotopic (exact) mass is 263 g/mol. The van der Waals surface area contributed by atoms with Crippen molar-refractivity contribution < 1.29 is 0 Å². The quantitative estimate of drug-likeness (QED) is 0.769. The predicted molar refractivity (Wildman–Crippen MR) is 82.0 cm³/mol. The largest absolute Gasteiger partial charge is 0.352 e. The second kappa shape index (κ2) is 4.37. The second-order valence-electron chi connectivity index (χ2n) is 5.50. The maximum atomic E-state index is 4.69. The lowest BCUT2D eigenvalue weighted by Crippen LogP contribution is -2.21.